The number of rotatable bonds is 2. The van der Waals surface area contributed by atoms with Crippen LogP contribution < -0.4 is 0 Å². The molecule has 0 radical (unpaired) electrons. The quantitative estimate of drug-likeness (QED) is 0.536. The van der Waals surface area contributed by atoms with Gasteiger partial charge in [0.2, 0.25) is 5.00 Å². The van der Waals surface area contributed by atoms with Crippen molar-refractivity contribution in [2.45, 2.75) is 13.8 Å². The van der Waals surface area contributed by atoms with E-state index in [2.05, 4.69) is 4.85 Å². The average Bonchev–Trinajstić information content (AvgIpc) is 2.47. The summed E-state index contributed by atoms with van der Waals surface area (Å²) < 4.78 is 4.83. The predicted molar refractivity (Wildman–Crippen MR) is 51.3 cm³/mol. The lowest BCUT2D eigenvalue weighted by Crippen LogP contribution is -2.04. The Morgan fingerprint density at radius 3 is 2.92 bits per heavy atom. The third-order valence-electron chi connectivity index (χ3n) is 1.51. The molecule has 13 heavy (non-hydrogen) atoms. The molecule has 1 heterocycles. The minimum Gasteiger partial charge on any atom is -0.462 e. The van der Waals surface area contributed by atoms with E-state index in [1.54, 1.807) is 13.0 Å². The molecule has 1 aromatic heterocycles. The van der Waals surface area contributed by atoms with Gasteiger partial charge in [0.05, 0.1) is 18.7 Å². The van der Waals surface area contributed by atoms with Gasteiger partial charge in [-0.2, -0.15) is 11.3 Å². The Morgan fingerprint density at radius 1 is 1.77 bits per heavy atom. The van der Waals surface area contributed by atoms with Gasteiger partial charge >= 0.3 is 5.97 Å². The molecule has 0 saturated heterocycles. The van der Waals surface area contributed by atoms with Crippen molar-refractivity contribution in [3.05, 3.63) is 27.9 Å². The van der Waals surface area contributed by atoms with Crippen molar-refractivity contribution in [3.63, 3.8) is 0 Å². The molecule has 68 valence electrons. The molecule has 0 saturated carbocycles. The number of ether oxygens (including phenoxy) is 1. The van der Waals surface area contributed by atoms with E-state index < -0.39 is 0 Å². The second-order valence-electron chi connectivity index (χ2n) is 2.39. The van der Waals surface area contributed by atoms with Crippen LogP contribution in [0.25, 0.3) is 4.85 Å². The third-order valence-corrected chi connectivity index (χ3v) is 2.45. The predicted octanol–water partition coefficient (Wildman–Crippen LogP) is 2.78. The normalized spacial score (nSPS) is 9.31. The number of thiophene rings is 1. The molecule has 0 aliphatic carbocycles. The molecule has 0 aliphatic heterocycles. The summed E-state index contributed by atoms with van der Waals surface area (Å²) in [4.78, 5) is 15.4. The van der Waals surface area contributed by atoms with Crippen molar-refractivity contribution < 1.29 is 9.53 Å². The largest absolute Gasteiger partial charge is 0.462 e. The third kappa shape index (κ3) is 2.07. The fourth-order valence-electron chi connectivity index (χ4n) is 0.933. The molecule has 3 nitrogen and oxygen atoms in total. The monoisotopic (exact) mass is 195 g/mol. The fraction of sp³-hybridized carbons (Fsp3) is 0.333. The maximum Gasteiger partial charge on any atom is 0.337 e. The number of hydrogen-bond acceptors (Lipinski definition) is 3. The van der Waals surface area contributed by atoms with Crippen LogP contribution in [0.3, 0.4) is 0 Å². The molecule has 0 bridgehead atoms. The van der Waals surface area contributed by atoms with Crippen LogP contribution in [0, 0.1) is 13.5 Å². The van der Waals surface area contributed by atoms with E-state index in [0.29, 0.717) is 17.2 Å². The van der Waals surface area contributed by atoms with Gasteiger partial charge in [-0.3, -0.25) is 0 Å². The highest BCUT2D eigenvalue weighted by Gasteiger charge is 2.13. The Kier molecular flexibility index (Phi) is 3.04. The van der Waals surface area contributed by atoms with Gasteiger partial charge in [0.15, 0.2) is 0 Å². The Balaban J connectivity index is 2.95. The summed E-state index contributed by atoms with van der Waals surface area (Å²) in [5.74, 6) is -0.342. The molecule has 0 atom stereocenters. The highest BCUT2D eigenvalue weighted by molar-refractivity contribution is 7.16. The smallest absolute Gasteiger partial charge is 0.337 e. The Bertz CT molecular complexity index is 362. The van der Waals surface area contributed by atoms with Gasteiger partial charge in [-0.15, -0.1) is 0 Å². The molecular formula is C9H9NO2S. The molecule has 0 fully saturated rings. The second kappa shape index (κ2) is 4.06. The first-order valence-electron chi connectivity index (χ1n) is 3.84. The van der Waals surface area contributed by atoms with Crippen molar-refractivity contribution in [3.8, 4) is 0 Å². The Morgan fingerprint density at radius 2 is 2.46 bits per heavy atom. The second-order valence-corrected chi connectivity index (χ2v) is 3.62. The lowest BCUT2D eigenvalue weighted by Gasteiger charge is -1.99. The van der Waals surface area contributed by atoms with Gasteiger partial charge in [0, 0.05) is 4.88 Å². The zero-order valence-corrected chi connectivity index (χ0v) is 8.27. The standard InChI is InChI=1S/C9H9NO2S/c1-4-12-9(11)7-5-8(10-3)13-6(7)2/h5H,4H2,1-2H3. The molecule has 1 rings (SSSR count). The van der Waals surface area contributed by atoms with Crippen LogP contribution in [0.4, 0.5) is 5.00 Å². The van der Waals surface area contributed by atoms with Crippen LogP contribution in [-0.2, 0) is 4.74 Å². The van der Waals surface area contributed by atoms with E-state index in [4.69, 9.17) is 11.3 Å². The SMILES string of the molecule is [C-]#[N+]c1cc(C(=O)OCC)c(C)s1. The van der Waals surface area contributed by atoms with Gasteiger partial charge in [-0.05, 0) is 19.9 Å². The van der Waals surface area contributed by atoms with Crippen LogP contribution in [0.15, 0.2) is 6.07 Å². The first kappa shape index (κ1) is 9.75. The van der Waals surface area contributed by atoms with Crippen molar-refractivity contribution in [2.24, 2.45) is 0 Å². The molecule has 0 amide bonds. The highest BCUT2D eigenvalue weighted by Crippen LogP contribution is 2.29. The van der Waals surface area contributed by atoms with Crippen LogP contribution >= 0.6 is 11.3 Å². The summed E-state index contributed by atoms with van der Waals surface area (Å²) in [5.41, 5.74) is 0.512. The zero-order chi connectivity index (χ0) is 9.84. The lowest BCUT2D eigenvalue weighted by atomic mass is 10.3. The summed E-state index contributed by atoms with van der Waals surface area (Å²) in [7, 11) is 0. The summed E-state index contributed by atoms with van der Waals surface area (Å²) in [6.07, 6.45) is 0. The number of hydrogen-bond donors (Lipinski definition) is 0. The van der Waals surface area contributed by atoms with Gasteiger partial charge in [-0.25, -0.2) is 9.64 Å². The van der Waals surface area contributed by atoms with Gasteiger partial charge < -0.3 is 4.74 Å². The van der Waals surface area contributed by atoms with E-state index >= 15 is 0 Å². The summed E-state index contributed by atoms with van der Waals surface area (Å²) in [6, 6.07) is 1.57. The lowest BCUT2D eigenvalue weighted by molar-refractivity contribution is 0.0526. The Hall–Kier alpha value is -1.34. The van der Waals surface area contributed by atoms with Crippen LogP contribution in [-0.4, -0.2) is 12.6 Å². The van der Waals surface area contributed by atoms with Gasteiger partial charge in [0.25, 0.3) is 0 Å². The number of nitrogens with zero attached hydrogens (tertiary/aromatic N) is 1. The first-order valence-corrected chi connectivity index (χ1v) is 4.65. The number of carbonyl (C=O) groups excluding carboxylic acids is 1. The van der Waals surface area contributed by atoms with Crippen molar-refractivity contribution in [1.29, 1.82) is 0 Å². The van der Waals surface area contributed by atoms with E-state index in [1.165, 1.54) is 11.3 Å². The molecule has 0 aromatic carbocycles. The number of aryl methyl sites for hydroxylation is 1. The van der Waals surface area contributed by atoms with E-state index in [0.717, 1.165) is 4.88 Å². The van der Waals surface area contributed by atoms with Crippen molar-refractivity contribution in [1.82, 2.24) is 0 Å². The summed E-state index contributed by atoms with van der Waals surface area (Å²) in [5, 5.41) is 0.528. The maximum absolute atomic E-state index is 11.3. The van der Waals surface area contributed by atoms with Crippen LogP contribution in [0.1, 0.15) is 22.2 Å². The molecule has 0 N–H and O–H groups in total. The minimum absolute atomic E-state index is 0.342. The first-order chi connectivity index (χ1) is 6.19. The average molecular weight is 195 g/mol. The topological polar surface area (TPSA) is 30.7 Å². The summed E-state index contributed by atoms with van der Waals surface area (Å²) >= 11 is 1.31. The number of esters is 1. The van der Waals surface area contributed by atoms with E-state index in [9.17, 15) is 4.79 Å². The molecule has 1 aromatic rings. The van der Waals surface area contributed by atoms with Crippen molar-refractivity contribution >= 4 is 22.3 Å². The molecule has 0 unspecified atom stereocenters. The van der Waals surface area contributed by atoms with Crippen LogP contribution in [0.5, 0.6) is 0 Å². The molecule has 0 aliphatic rings. The molecule has 4 heteroatoms. The van der Waals surface area contributed by atoms with E-state index in [-0.39, 0.29) is 5.97 Å². The van der Waals surface area contributed by atoms with Gasteiger partial charge in [0.1, 0.15) is 0 Å². The Labute approximate surface area is 80.8 Å². The number of carbonyl (C=O) groups is 1. The fourth-order valence-corrected chi connectivity index (χ4v) is 1.72. The van der Waals surface area contributed by atoms with Crippen molar-refractivity contribution in [2.75, 3.05) is 6.61 Å². The summed E-state index contributed by atoms with van der Waals surface area (Å²) in [6.45, 7) is 10.7. The van der Waals surface area contributed by atoms with Gasteiger partial charge in [-0.1, -0.05) is 0 Å². The maximum atomic E-state index is 11.3. The molecule has 0 spiro atoms. The van der Waals surface area contributed by atoms with E-state index in [1.807, 2.05) is 6.92 Å². The minimum atomic E-state index is -0.342. The molecular weight excluding hydrogens is 186 g/mol. The van der Waals surface area contributed by atoms with Crippen LogP contribution in [0.2, 0.25) is 0 Å². The highest BCUT2D eigenvalue weighted by atomic mass is 32.1. The zero-order valence-electron chi connectivity index (χ0n) is 7.46.